The number of aryl methyl sites for hydroxylation is 1. The van der Waals surface area contributed by atoms with E-state index in [0.717, 1.165) is 5.56 Å². The average Bonchev–Trinajstić information content (AvgIpc) is 3.09. The molecule has 7 nitrogen and oxygen atoms in total. The van der Waals surface area contributed by atoms with E-state index in [9.17, 15) is 14.7 Å². The SMILES string of the molecule is CCOc1ccccc1[C@@H]1/C(=C(\O)c2ccc(OC)cc2C)C(=O)C(=O)N1Cc1cccnc1. The summed E-state index contributed by atoms with van der Waals surface area (Å²) in [5, 5.41) is 11.4. The van der Waals surface area contributed by atoms with Crippen LogP contribution < -0.4 is 9.47 Å². The van der Waals surface area contributed by atoms with Gasteiger partial charge < -0.3 is 19.5 Å². The van der Waals surface area contributed by atoms with Gasteiger partial charge in [-0.2, -0.15) is 0 Å². The van der Waals surface area contributed by atoms with Crippen LogP contribution in [0.5, 0.6) is 11.5 Å². The van der Waals surface area contributed by atoms with E-state index in [-0.39, 0.29) is 17.9 Å². The maximum Gasteiger partial charge on any atom is 0.295 e. The summed E-state index contributed by atoms with van der Waals surface area (Å²) >= 11 is 0. The Hall–Kier alpha value is -4.13. The number of aromatic nitrogens is 1. The van der Waals surface area contributed by atoms with Crippen LogP contribution in [0.4, 0.5) is 0 Å². The van der Waals surface area contributed by atoms with Gasteiger partial charge in [-0.3, -0.25) is 14.6 Å². The van der Waals surface area contributed by atoms with Crippen molar-refractivity contribution in [2.75, 3.05) is 13.7 Å². The third-order valence-corrected chi connectivity index (χ3v) is 5.82. The highest BCUT2D eigenvalue weighted by molar-refractivity contribution is 6.46. The number of benzene rings is 2. The fourth-order valence-electron chi connectivity index (χ4n) is 4.22. The second-order valence-corrected chi connectivity index (χ2v) is 7.94. The molecule has 1 atom stereocenters. The van der Waals surface area contributed by atoms with E-state index < -0.39 is 17.7 Å². The highest BCUT2D eigenvalue weighted by Gasteiger charge is 2.47. The summed E-state index contributed by atoms with van der Waals surface area (Å²) in [5.41, 5.74) is 2.59. The maximum absolute atomic E-state index is 13.3. The lowest BCUT2D eigenvalue weighted by molar-refractivity contribution is -0.140. The molecule has 0 aliphatic carbocycles. The highest BCUT2D eigenvalue weighted by atomic mass is 16.5. The number of hydrogen-bond acceptors (Lipinski definition) is 6. The number of amides is 1. The number of rotatable bonds is 7. The van der Waals surface area contributed by atoms with Crippen molar-refractivity contribution < 1.29 is 24.2 Å². The first-order valence-corrected chi connectivity index (χ1v) is 11.0. The molecule has 0 bridgehead atoms. The van der Waals surface area contributed by atoms with E-state index in [1.807, 2.05) is 38.1 Å². The minimum Gasteiger partial charge on any atom is -0.507 e. The third-order valence-electron chi connectivity index (χ3n) is 5.82. The van der Waals surface area contributed by atoms with Gasteiger partial charge in [0.2, 0.25) is 0 Å². The molecule has 1 amide bonds. The zero-order chi connectivity index (χ0) is 24.2. The van der Waals surface area contributed by atoms with Crippen molar-refractivity contribution in [3.63, 3.8) is 0 Å². The Morgan fingerprint density at radius 3 is 2.59 bits per heavy atom. The number of aliphatic hydroxyl groups is 1. The van der Waals surface area contributed by atoms with E-state index in [1.165, 1.54) is 4.90 Å². The van der Waals surface area contributed by atoms with E-state index in [2.05, 4.69) is 4.98 Å². The lowest BCUT2D eigenvalue weighted by atomic mass is 9.93. The van der Waals surface area contributed by atoms with Crippen molar-refractivity contribution >= 4 is 17.4 Å². The van der Waals surface area contributed by atoms with Gasteiger partial charge in [0.15, 0.2) is 0 Å². The molecule has 1 aliphatic heterocycles. The number of hydrogen-bond donors (Lipinski definition) is 1. The zero-order valence-electron chi connectivity index (χ0n) is 19.3. The Morgan fingerprint density at radius 1 is 1.12 bits per heavy atom. The molecule has 174 valence electrons. The quantitative estimate of drug-likeness (QED) is 0.320. The number of carbonyl (C=O) groups excluding carboxylic acids is 2. The predicted molar refractivity (Wildman–Crippen MR) is 127 cm³/mol. The molecule has 1 fully saturated rings. The van der Waals surface area contributed by atoms with Crippen LogP contribution in [0.25, 0.3) is 5.76 Å². The number of ketones is 1. The number of Topliss-reactive ketones (excluding diaryl/α,β-unsaturated/α-hetero) is 1. The van der Waals surface area contributed by atoms with Crippen LogP contribution in [0.15, 0.2) is 72.6 Å². The summed E-state index contributed by atoms with van der Waals surface area (Å²) in [7, 11) is 1.56. The van der Waals surface area contributed by atoms with Crippen molar-refractivity contribution in [2.45, 2.75) is 26.4 Å². The molecule has 2 aromatic carbocycles. The number of pyridine rings is 1. The molecule has 0 spiro atoms. The van der Waals surface area contributed by atoms with E-state index in [4.69, 9.17) is 9.47 Å². The van der Waals surface area contributed by atoms with Gasteiger partial charge in [0.1, 0.15) is 17.3 Å². The van der Waals surface area contributed by atoms with Crippen molar-refractivity contribution in [3.05, 3.63) is 94.8 Å². The number of carbonyl (C=O) groups is 2. The van der Waals surface area contributed by atoms with Crippen LogP contribution in [0.1, 0.15) is 35.2 Å². The van der Waals surface area contributed by atoms with E-state index in [1.54, 1.807) is 49.8 Å². The zero-order valence-corrected chi connectivity index (χ0v) is 19.3. The molecule has 34 heavy (non-hydrogen) atoms. The summed E-state index contributed by atoms with van der Waals surface area (Å²) in [6.45, 7) is 4.25. The molecular weight excluding hydrogens is 432 g/mol. The molecule has 0 saturated carbocycles. The average molecular weight is 459 g/mol. The molecule has 2 heterocycles. The molecule has 4 rings (SSSR count). The number of likely N-dealkylation sites (tertiary alicyclic amines) is 1. The molecule has 1 aromatic heterocycles. The second-order valence-electron chi connectivity index (χ2n) is 7.94. The van der Waals surface area contributed by atoms with Crippen molar-refractivity contribution in [1.82, 2.24) is 9.88 Å². The topological polar surface area (TPSA) is 89.0 Å². The summed E-state index contributed by atoms with van der Waals surface area (Å²) < 4.78 is 11.1. The van der Waals surface area contributed by atoms with E-state index >= 15 is 0 Å². The fraction of sp³-hybridized carbons (Fsp3) is 0.222. The minimum atomic E-state index is -0.829. The van der Waals surface area contributed by atoms with Gasteiger partial charge in [0.05, 0.1) is 25.3 Å². The van der Waals surface area contributed by atoms with Crippen molar-refractivity contribution in [3.8, 4) is 11.5 Å². The number of para-hydroxylation sites is 1. The Morgan fingerprint density at radius 2 is 1.91 bits per heavy atom. The van der Waals surface area contributed by atoms with Gasteiger partial charge in [0, 0.05) is 30.1 Å². The molecular formula is C27H26N2O5. The van der Waals surface area contributed by atoms with Gasteiger partial charge in [-0.1, -0.05) is 24.3 Å². The van der Waals surface area contributed by atoms with Gasteiger partial charge in [0.25, 0.3) is 11.7 Å². The number of ether oxygens (including phenoxy) is 2. The van der Waals surface area contributed by atoms with Crippen LogP contribution in [0, 0.1) is 6.92 Å². The summed E-state index contributed by atoms with van der Waals surface area (Å²) in [6, 6.07) is 15.2. The molecule has 1 aliphatic rings. The van der Waals surface area contributed by atoms with Crippen molar-refractivity contribution in [1.29, 1.82) is 0 Å². The first kappa shape index (κ1) is 23.0. The van der Waals surface area contributed by atoms with Crippen LogP contribution in [0.2, 0.25) is 0 Å². The molecule has 1 N–H and O–H groups in total. The molecule has 7 heteroatoms. The monoisotopic (exact) mass is 458 g/mol. The van der Waals surface area contributed by atoms with Crippen molar-refractivity contribution in [2.24, 2.45) is 0 Å². The van der Waals surface area contributed by atoms with Crippen LogP contribution in [0.3, 0.4) is 0 Å². The minimum absolute atomic E-state index is 0.0225. The standard InChI is InChI=1S/C27H26N2O5/c1-4-34-22-10-6-5-9-21(22)24-23(25(30)20-12-11-19(33-3)14-17(20)2)26(31)27(32)29(24)16-18-8-7-13-28-15-18/h5-15,24,30H,4,16H2,1-3H3/b25-23+/t24-/m1/s1. The fourth-order valence-corrected chi connectivity index (χ4v) is 4.22. The van der Waals surface area contributed by atoms with Crippen LogP contribution >= 0.6 is 0 Å². The van der Waals surface area contributed by atoms with E-state index in [0.29, 0.717) is 34.8 Å². The Labute approximate surface area is 198 Å². The Balaban J connectivity index is 1.91. The summed E-state index contributed by atoms with van der Waals surface area (Å²) in [6.07, 6.45) is 3.30. The lowest BCUT2D eigenvalue weighted by Gasteiger charge is -2.27. The van der Waals surface area contributed by atoms with Gasteiger partial charge in [-0.25, -0.2) is 0 Å². The first-order valence-electron chi connectivity index (χ1n) is 11.0. The van der Waals surface area contributed by atoms with Gasteiger partial charge in [-0.15, -0.1) is 0 Å². The molecule has 3 aromatic rings. The smallest absolute Gasteiger partial charge is 0.295 e. The molecule has 0 radical (unpaired) electrons. The first-order chi connectivity index (χ1) is 16.5. The van der Waals surface area contributed by atoms with Gasteiger partial charge >= 0.3 is 0 Å². The normalized spacial score (nSPS) is 17.1. The largest absolute Gasteiger partial charge is 0.507 e. The predicted octanol–water partition coefficient (Wildman–Crippen LogP) is 4.42. The second kappa shape index (κ2) is 9.79. The number of aliphatic hydroxyl groups excluding tert-OH is 1. The maximum atomic E-state index is 13.3. The molecule has 1 saturated heterocycles. The number of methoxy groups -OCH3 is 1. The Kier molecular flexibility index (Phi) is 6.63. The summed E-state index contributed by atoms with van der Waals surface area (Å²) in [4.78, 5) is 32.1. The number of nitrogens with zero attached hydrogens (tertiary/aromatic N) is 2. The highest BCUT2D eigenvalue weighted by Crippen LogP contribution is 2.43. The van der Waals surface area contributed by atoms with Crippen LogP contribution in [-0.2, 0) is 16.1 Å². The molecule has 0 unspecified atom stereocenters. The Bertz CT molecular complexity index is 1250. The van der Waals surface area contributed by atoms with Crippen LogP contribution in [-0.4, -0.2) is 40.4 Å². The van der Waals surface area contributed by atoms with Gasteiger partial charge in [-0.05, 0) is 55.3 Å². The summed E-state index contributed by atoms with van der Waals surface area (Å²) in [5.74, 6) is -0.487. The third kappa shape index (κ3) is 4.24. The lowest BCUT2D eigenvalue weighted by Crippen LogP contribution is -2.29.